The zero-order chi connectivity index (χ0) is 17.2. The normalized spacial score (nSPS) is 14.8. The second-order valence-electron chi connectivity index (χ2n) is 6.16. The molecule has 6 nitrogen and oxygen atoms in total. The van der Waals surface area contributed by atoms with Crippen molar-refractivity contribution >= 4 is 17.0 Å². The molecule has 0 aliphatic carbocycles. The standard InChI is InChI=1S/C19H19N3O3/c23-18(21-11-9-20-10-12-21)15-7-5-14(6-8-15)13-22-16-3-1-2-4-17(16)25-19(22)24/h1-8,20H,9-13H2. The summed E-state index contributed by atoms with van der Waals surface area (Å²) in [6, 6.07) is 14.8. The summed E-state index contributed by atoms with van der Waals surface area (Å²) < 4.78 is 6.85. The van der Waals surface area contributed by atoms with Gasteiger partial charge in [0, 0.05) is 31.7 Å². The molecule has 1 fully saturated rings. The zero-order valence-electron chi connectivity index (χ0n) is 13.8. The maximum Gasteiger partial charge on any atom is 0.420 e. The molecule has 0 spiro atoms. The van der Waals surface area contributed by atoms with Crippen LogP contribution in [-0.4, -0.2) is 41.6 Å². The summed E-state index contributed by atoms with van der Waals surface area (Å²) in [5.41, 5.74) is 2.98. The first-order valence-corrected chi connectivity index (χ1v) is 8.40. The number of fused-ring (bicyclic) bond motifs is 1. The van der Waals surface area contributed by atoms with Gasteiger partial charge in [-0.1, -0.05) is 24.3 Å². The molecule has 0 atom stereocenters. The van der Waals surface area contributed by atoms with Crippen molar-refractivity contribution in [1.82, 2.24) is 14.8 Å². The van der Waals surface area contributed by atoms with Gasteiger partial charge in [-0.05, 0) is 29.8 Å². The molecule has 0 bridgehead atoms. The molecule has 25 heavy (non-hydrogen) atoms. The summed E-state index contributed by atoms with van der Waals surface area (Å²) in [6.07, 6.45) is 0. The Morgan fingerprint density at radius 2 is 1.76 bits per heavy atom. The van der Waals surface area contributed by atoms with Crippen LogP contribution in [-0.2, 0) is 6.54 Å². The van der Waals surface area contributed by atoms with Crippen molar-refractivity contribution in [2.24, 2.45) is 0 Å². The lowest BCUT2D eigenvalue weighted by Gasteiger charge is -2.27. The molecule has 1 saturated heterocycles. The number of aromatic nitrogens is 1. The van der Waals surface area contributed by atoms with Gasteiger partial charge in [0.1, 0.15) is 0 Å². The van der Waals surface area contributed by atoms with E-state index < -0.39 is 0 Å². The third-order valence-electron chi connectivity index (χ3n) is 4.52. The molecule has 3 aromatic rings. The van der Waals surface area contributed by atoms with Gasteiger partial charge < -0.3 is 14.6 Å². The Kier molecular flexibility index (Phi) is 4.11. The topological polar surface area (TPSA) is 67.5 Å². The largest absolute Gasteiger partial charge is 0.420 e. The van der Waals surface area contributed by atoms with Crippen LogP contribution < -0.4 is 11.1 Å². The number of carbonyl (C=O) groups is 1. The molecule has 0 radical (unpaired) electrons. The average molecular weight is 337 g/mol. The summed E-state index contributed by atoms with van der Waals surface area (Å²) in [4.78, 5) is 26.4. The van der Waals surface area contributed by atoms with Crippen LogP contribution in [0.5, 0.6) is 0 Å². The van der Waals surface area contributed by atoms with E-state index in [1.54, 1.807) is 10.6 Å². The molecule has 1 amide bonds. The van der Waals surface area contributed by atoms with E-state index in [0.717, 1.165) is 37.3 Å². The van der Waals surface area contributed by atoms with Crippen molar-refractivity contribution in [2.45, 2.75) is 6.54 Å². The number of oxazole rings is 1. The minimum Gasteiger partial charge on any atom is -0.408 e. The van der Waals surface area contributed by atoms with Gasteiger partial charge in [0.05, 0.1) is 12.1 Å². The van der Waals surface area contributed by atoms with Crippen LogP contribution >= 0.6 is 0 Å². The van der Waals surface area contributed by atoms with Gasteiger partial charge in [-0.25, -0.2) is 4.79 Å². The number of nitrogens with zero attached hydrogens (tertiary/aromatic N) is 2. The van der Waals surface area contributed by atoms with E-state index in [2.05, 4.69) is 5.32 Å². The second kappa shape index (κ2) is 6.57. The highest BCUT2D eigenvalue weighted by Gasteiger charge is 2.17. The first-order valence-electron chi connectivity index (χ1n) is 8.40. The second-order valence-corrected chi connectivity index (χ2v) is 6.16. The molecule has 1 aliphatic heterocycles. The van der Waals surface area contributed by atoms with Crippen LogP contribution in [0.15, 0.2) is 57.7 Å². The van der Waals surface area contributed by atoms with Gasteiger partial charge in [-0.3, -0.25) is 9.36 Å². The SMILES string of the molecule is O=C(c1ccc(Cn2c(=O)oc3ccccc32)cc1)N1CCNCC1. The minimum atomic E-state index is -0.373. The molecule has 1 aromatic heterocycles. The van der Waals surface area contributed by atoms with E-state index in [1.165, 1.54) is 0 Å². The van der Waals surface area contributed by atoms with Gasteiger partial charge in [-0.2, -0.15) is 0 Å². The number of hydrogen-bond donors (Lipinski definition) is 1. The third-order valence-corrected chi connectivity index (χ3v) is 4.52. The zero-order valence-corrected chi connectivity index (χ0v) is 13.8. The molecular weight excluding hydrogens is 318 g/mol. The monoisotopic (exact) mass is 337 g/mol. The number of amides is 1. The summed E-state index contributed by atoms with van der Waals surface area (Å²) in [7, 11) is 0. The predicted octanol–water partition coefficient (Wildman–Crippen LogP) is 1.69. The molecule has 2 aromatic carbocycles. The lowest BCUT2D eigenvalue weighted by Crippen LogP contribution is -2.46. The third kappa shape index (κ3) is 3.08. The minimum absolute atomic E-state index is 0.0546. The number of rotatable bonds is 3. The lowest BCUT2D eigenvalue weighted by molar-refractivity contribution is 0.0736. The summed E-state index contributed by atoms with van der Waals surface area (Å²) in [6.45, 7) is 3.55. The summed E-state index contributed by atoms with van der Waals surface area (Å²) in [5.74, 6) is -0.318. The fourth-order valence-electron chi connectivity index (χ4n) is 3.15. The molecule has 4 rings (SSSR count). The van der Waals surface area contributed by atoms with Gasteiger partial charge in [-0.15, -0.1) is 0 Å². The smallest absolute Gasteiger partial charge is 0.408 e. The van der Waals surface area contributed by atoms with Gasteiger partial charge in [0.25, 0.3) is 5.91 Å². The number of benzene rings is 2. The van der Waals surface area contributed by atoms with Crippen molar-refractivity contribution in [1.29, 1.82) is 0 Å². The van der Waals surface area contributed by atoms with Gasteiger partial charge in [0.2, 0.25) is 0 Å². The first kappa shape index (κ1) is 15.7. The van der Waals surface area contributed by atoms with Gasteiger partial charge in [0.15, 0.2) is 5.58 Å². The lowest BCUT2D eigenvalue weighted by atomic mass is 10.1. The highest BCUT2D eigenvalue weighted by atomic mass is 16.4. The average Bonchev–Trinajstić information content (AvgIpc) is 2.98. The molecule has 0 saturated carbocycles. The molecule has 2 heterocycles. The number of para-hydroxylation sites is 2. The molecule has 6 heteroatoms. The molecule has 1 N–H and O–H groups in total. The molecule has 1 aliphatic rings. The fraction of sp³-hybridized carbons (Fsp3) is 0.263. The van der Waals surface area contributed by atoms with Gasteiger partial charge >= 0.3 is 5.76 Å². The maximum absolute atomic E-state index is 12.5. The van der Waals surface area contributed by atoms with Crippen LogP contribution in [0.4, 0.5) is 0 Å². The van der Waals surface area contributed by atoms with Crippen molar-refractivity contribution < 1.29 is 9.21 Å². The van der Waals surface area contributed by atoms with E-state index in [1.807, 2.05) is 47.4 Å². The maximum atomic E-state index is 12.5. The van der Waals surface area contributed by atoms with Crippen LogP contribution in [0.3, 0.4) is 0 Å². The molecule has 128 valence electrons. The predicted molar refractivity (Wildman–Crippen MR) is 94.8 cm³/mol. The van der Waals surface area contributed by atoms with E-state index >= 15 is 0 Å². The summed E-state index contributed by atoms with van der Waals surface area (Å²) in [5, 5.41) is 3.24. The molecule has 0 unspecified atom stereocenters. The Morgan fingerprint density at radius 1 is 1.04 bits per heavy atom. The first-order chi connectivity index (χ1) is 12.2. The van der Waals surface area contributed by atoms with Crippen LogP contribution in [0, 0.1) is 0 Å². The van der Waals surface area contributed by atoms with E-state index in [9.17, 15) is 9.59 Å². The van der Waals surface area contributed by atoms with Crippen molar-refractivity contribution in [2.75, 3.05) is 26.2 Å². The van der Waals surface area contributed by atoms with Crippen LogP contribution in [0.2, 0.25) is 0 Å². The number of hydrogen-bond acceptors (Lipinski definition) is 4. The number of nitrogens with one attached hydrogen (secondary N) is 1. The highest BCUT2D eigenvalue weighted by molar-refractivity contribution is 5.94. The number of carbonyl (C=O) groups excluding carboxylic acids is 1. The van der Waals surface area contributed by atoms with E-state index in [4.69, 9.17) is 4.42 Å². The summed E-state index contributed by atoms with van der Waals surface area (Å²) >= 11 is 0. The Balaban J connectivity index is 1.55. The number of piperazine rings is 1. The van der Waals surface area contributed by atoms with Crippen molar-refractivity contribution in [3.8, 4) is 0 Å². The Labute approximate surface area is 144 Å². The van der Waals surface area contributed by atoms with E-state index in [0.29, 0.717) is 17.7 Å². The Bertz CT molecular complexity index is 950. The van der Waals surface area contributed by atoms with Crippen LogP contribution in [0.25, 0.3) is 11.1 Å². The quantitative estimate of drug-likeness (QED) is 0.790. The Morgan fingerprint density at radius 3 is 2.52 bits per heavy atom. The van der Waals surface area contributed by atoms with Crippen molar-refractivity contribution in [3.63, 3.8) is 0 Å². The highest BCUT2D eigenvalue weighted by Crippen LogP contribution is 2.15. The van der Waals surface area contributed by atoms with Crippen molar-refractivity contribution in [3.05, 3.63) is 70.2 Å². The molecular formula is C19H19N3O3. The fourth-order valence-corrected chi connectivity index (χ4v) is 3.15. The van der Waals surface area contributed by atoms with Crippen LogP contribution in [0.1, 0.15) is 15.9 Å². The van der Waals surface area contributed by atoms with E-state index in [-0.39, 0.29) is 11.7 Å². The Hall–Kier alpha value is -2.86.